The maximum Gasteiger partial charge on any atom is 0.255 e. The number of carbonyl (C=O) groups is 1. The van der Waals surface area contributed by atoms with Gasteiger partial charge in [0.15, 0.2) is 0 Å². The number of aryl methyl sites for hydroxylation is 1. The molecule has 20 heavy (non-hydrogen) atoms. The van der Waals surface area contributed by atoms with E-state index in [2.05, 4.69) is 11.4 Å². The second-order valence-corrected chi connectivity index (χ2v) is 5.11. The minimum absolute atomic E-state index is 0.115. The highest BCUT2D eigenvalue weighted by Crippen LogP contribution is 2.25. The molecule has 0 aromatic heterocycles. The molecule has 0 bridgehead atoms. The molecule has 0 fully saturated rings. The summed E-state index contributed by atoms with van der Waals surface area (Å²) in [5, 5.41) is 2.83. The highest BCUT2D eigenvalue weighted by Gasteiger charge is 2.17. The first-order valence-corrected chi connectivity index (χ1v) is 6.92. The predicted octanol–water partition coefficient (Wildman–Crippen LogP) is 3.96. The van der Waals surface area contributed by atoms with E-state index in [1.807, 2.05) is 12.1 Å². The highest BCUT2D eigenvalue weighted by atomic mass is 19.1. The number of anilines is 1. The standard InChI is InChI=1S/C17H16FNO/c18-13-8-10-14(11-9-13)19-17(20)16-7-3-5-12-4-1-2-6-15(12)16/h3,5,7-11H,1-2,4,6H2,(H,19,20). The van der Waals surface area contributed by atoms with Crippen molar-refractivity contribution < 1.29 is 9.18 Å². The number of hydrogen-bond donors (Lipinski definition) is 1. The zero-order valence-corrected chi connectivity index (χ0v) is 11.2. The van der Waals surface area contributed by atoms with Crippen LogP contribution < -0.4 is 5.32 Å². The molecular formula is C17H16FNO. The zero-order chi connectivity index (χ0) is 13.9. The van der Waals surface area contributed by atoms with Gasteiger partial charge in [-0.15, -0.1) is 0 Å². The van der Waals surface area contributed by atoms with Crippen molar-refractivity contribution in [2.24, 2.45) is 0 Å². The van der Waals surface area contributed by atoms with Crippen LogP contribution in [0, 0.1) is 5.82 Å². The molecule has 1 amide bonds. The first-order valence-electron chi connectivity index (χ1n) is 6.92. The minimum atomic E-state index is -0.305. The Hall–Kier alpha value is -2.16. The van der Waals surface area contributed by atoms with Crippen molar-refractivity contribution in [3.05, 3.63) is 65.0 Å². The number of nitrogens with one attached hydrogen (secondary N) is 1. The lowest BCUT2D eigenvalue weighted by atomic mass is 9.88. The van der Waals surface area contributed by atoms with Gasteiger partial charge in [-0.05, 0) is 67.1 Å². The lowest BCUT2D eigenvalue weighted by molar-refractivity contribution is 0.102. The van der Waals surface area contributed by atoms with Crippen LogP contribution in [0.2, 0.25) is 0 Å². The van der Waals surface area contributed by atoms with Gasteiger partial charge in [0, 0.05) is 11.3 Å². The predicted molar refractivity (Wildman–Crippen MR) is 77.4 cm³/mol. The van der Waals surface area contributed by atoms with E-state index in [9.17, 15) is 9.18 Å². The van der Waals surface area contributed by atoms with Crippen molar-refractivity contribution in [1.29, 1.82) is 0 Å². The molecule has 0 atom stereocenters. The summed E-state index contributed by atoms with van der Waals surface area (Å²) >= 11 is 0. The normalized spacial score (nSPS) is 13.7. The van der Waals surface area contributed by atoms with E-state index in [1.54, 1.807) is 12.1 Å². The summed E-state index contributed by atoms with van der Waals surface area (Å²) in [5.74, 6) is -0.421. The van der Waals surface area contributed by atoms with E-state index < -0.39 is 0 Å². The van der Waals surface area contributed by atoms with Gasteiger partial charge >= 0.3 is 0 Å². The van der Waals surface area contributed by atoms with Crippen molar-refractivity contribution in [1.82, 2.24) is 0 Å². The summed E-state index contributed by atoms with van der Waals surface area (Å²) in [7, 11) is 0. The Morgan fingerprint density at radius 3 is 2.55 bits per heavy atom. The molecule has 0 saturated carbocycles. The van der Waals surface area contributed by atoms with Gasteiger partial charge in [-0.1, -0.05) is 12.1 Å². The number of halogens is 1. The fourth-order valence-electron chi connectivity index (χ4n) is 2.73. The van der Waals surface area contributed by atoms with Crippen LogP contribution in [0.15, 0.2) is 42.5 Å². The summed E-state index contributed by atoms with van der Waals surface area (Å²) in [6, 6.07) is 11.7. The van der Waals surface area contributed by atoms with Crippen molar-refractivity contribution in [3.63, 3.8) is 0 Å². The van der Waals surface area contributed by atoms with Gasteiger partial charge in [-0.2, -0.15) is 0 Å². The molecule has 2 aromatic carbocycles. The fraction of sp³-hybridized carbons (Fsp3) is 0.235. The van der Waals surface area contributed by atoms with Crippen LogP contribution in [0.1, 0.15) is 34.3 Å². The number of carbonyl (C=O) groups excluding carboxylic acids is 1. The molecule has 0 saturated heterocycles. The Kier molecular flexibility index (Phi) is 3.50. The molecule has 102 valence electrons. The molecule has 0 spiro atoms. The Morgan fingerprint density at radius 2 is 1.75 bits per heavy atom. The van der Waals surface area contributed by atoms with Crippen molar-refractivity contribution in [3.8, 4) is 0 Å². The summed E-state index contributed by atoms with van der Waals surface area (Å²) in [4.78, 5) is 12.4. The van der Waals surface area contributed by atoms with E-state index in [1.165, 1.54) is 29.7 Å². The third-order valence-electron chi connectivity index (χ3n) is 3.74. The first-order chi connectivity index (χ1) is 9.74. The molecule has 2 aromatic rings. The zero-order valence-electron chi connectivity index (χ0n) is 11.2. The number of amides is 1. The third-order valence-corrected chi connectivity index (χ3v) is 3.74. The Bertz CT molecular complexity index is 634. The molecule has 0 unspecified atom stereocenters. The molecule has 2 nitrogen and oxygen atoms in total. The van der Waals surface area contributed by atoms with Gasteiger partial charge in [0.25, 0.3) is 5.91 Å². The molecule has 0 radical (unpaired) electrons. The molecule has 1 aliphatic carbocycles. The molecule has 1 aliphatic rings. The summed E-state index contributed by atoms with van der Waals surface area (Å²) in [6.45, 7) is 0. The fourth-order valence-corrected chi connectivity index (χ4v) is 2.73. The molecular weight excluding hydrogens is 253 g/mol. The van der Waals surface area contributed by atoms with E-state index >= 15 is 0 Å². The molecule has 1 N–H and O–H groups in total. The number of fused-ring (bicyclic) bond motifs is 1. The van der Waals surface area contributed by atoms with Crippen LogP contribution in [0.25, 0.3) is 0 Å². The third kappa shape index (κ3) is 2.57. The minimum Gasteiger partial charge on any atom is -0.322 e. The van der Waals surface area contributed by atoms with E-state index in [-0.39, 0.29) is 11.7 Å². The number of benzene rings is 2. The van der Waals surface area contributed by atoms with Crippen LogP contribution in [0.5, 0.6) is 0 Å². The quantitative estimate of drug-likeness (QED) is 0.878. The average Bonchev–Trinajstić information content (AvgIpc) is 2.49. The van der Waals surface area contributed by atoms with Crippen LogP contribution in [0.4, 0.5) is 10.1 Å². The number of hydrogen-bond acceptors (Lipinski definition) is 1. The topological polar surface area (TPSA) is 29.1 Å². The van der Waals surface area contributed by atoms with E-state index in [0.29, 0.717) is 5.69 Å². The molecule has 3 heteroatoms. The lowest BCUT2D eigenvalue weighted by Crippen LogP contribution is -2.17. The van der Waals surface area contributed by atoms with Crippen LogP contribution in [0.3, 0.4) is 0 Å². The Labute approximate surface area is 117 Å². The smallest absolute Gasteiger partial charge is 0.255 e. The van der Waals surface area contributed by atoms with Crippen molar-refractivity contribution in [2.75, 3.05) is 5.32 Å². The monoisotopic (exact) mass is 269 g/mol. The molecule has 0 heterocycles. The van der Waals surface area contributed by atoms with Gasteiger partial charge < -0.3 is 5.32 Å². The van der Waals surface area contributed by atoms with Gasteiger partial charge in [-0.3, -0.25) is 4.79 Å². The van der Waals surface area contributed by atoms with Crippen LogP contribution in [-0.2, 0) is 12.8 Å². The Morgan fingerprint density at radius 1 is 1.00 bits per heavy atom. The summed E-state index contributed by atoms with van der Waals surface area (Å²) in [5.41, 5.74) is 3.80. The van der Waals surface area contributed by atoms with Crippen LogP contribution >= 0.6 is 0 Å². The Balaban J connectivity index is 1.85. The van der Waals surface area contributed by atoms with Crippen molar-refractivity contribution in [2.45, 2.75) is 25.7 Å². The first kappa shape index (κ1) is 12.9. The summed E-state index contributed by atoms with van der Waals surface area (Å²) in [6.07, 6.45) is 4.33. The lowest BCUT2D eigenvalue weighted by Gasteiger charge is -2.18. The second kappa shape index (κ2) is 5.45. The highest BCUT2D eigenvalue weighted by molar-refractivity contribution is 6.05. The second-order valence-electron chi connectivity index (χ2n) is 5.11. The van der Waals surface area contributed by atoms with Crippen molar-refractivity contribution >= 4 is 11.6 Å². The maximum absolute atomic E-state index is 12.9. The maximum atomic E-state index is 12.9. The largest absolute Gasteiger partial charge is 0.322 e. The van der Waals surface area contributed by atoms with Gasteiger partial charge in [-0.25, -0.2) is 4.39 Å². The van der Waals surface area contributed by atoms with E-state index in [0.717, 1.165) is 24.8 Å². The van der Waals surface area contributed by atoms with Gasteiger partial charge in [0.1, 0.15) is 5.82 Å². The van der Waals surface area contributed by atoms with Gasteiger partial charge in [0.05, 0.1) is 0 Å². The molecule has 3 rings (SSSR count). The number of rotatable bonds is 2. The van der Waals surface area contributed by atoms with Gasteiger partial charge in [0.2, 0.25) is 0 Å². The van der Waals surface area contributed by atoms with E-state index in [4.69, 9.17) is 0 Å². The van der Waals surface area contributed by atoms with Crippen LogP contribution in [-0.4, -0.2) is 5.91 Å². The summed E-state index contributed by atoms with van der Waals surface area (Å²) < 4.78 is 12.9. The SMILES string of the molecule is O=C(Nc1ccc(F)cc1)c1cccc2c1CCCC2. The average molecular weight is 269 g/mol. The molecule has 0 aliphatic heterocycles.